The Hall–Kier alpha value is -3.10. The van der Waals surface area contributed by atoms with Gasteiger partial charge in [0.25, 0.3) is 0 Å². The quantitative estimate of drug-likeness (QED) is 0.145. The smallest absolute Gasteiger partial charge is 0.410 e. The van der Waals surface area contributed by atoms with Gasteiger partial charge in [-0.05, 0) is 106 Å². The van der Waals surface area contributed by atoms with Crippen molar-refractivity contribution in [2.24, 2.45) is 11.8 Å². The van der Waals surface area contributed by atoms with Gasteiger partial charge in [-0.15, -0.1) is 0 Å². The molecular formula is C39H56N2O5Si. The van der Waals surface area contributed by atoms with Gasteiger partial charge in [0.2, 0.25) is 5.91 Å². The van der Waals surface area contributed by atoms with Crippen LogP contribution in [0.5, 0.6) is 5.75 Å². The predicted octanol–water partition coefficient (Wildman–Crippen LogP) is 8.40. The number of nitrogens with zero attached hydrogens (tertiary/aromatic N) is 2. The van der Waals surface area contributed by atoms with Crippen LogP contribution in [0.15, 0.2) is 54.1 Å². The summed E-state index contributed by atoms with van der Waals surface area (Å²) >= 11 is 0. The Morgan fingerprint density at radius 1 is 0.957 bits per heavy atom. The van der Waals surface area contributed by atoms with E-state index in [-0.39, 0.29) is 40.8 Å². The van der Waals surface area contributed by atoms with E-state index in [0.29, 0.717) is 32.8 Å². The van der Waals surface area contributed by atoms with Gasteiger partial charge in [-0.1, -0.05) is 57.2 Å². The second-order valence-electron chi connectivity index (χ2n) is 16.3. The average Bonchev–Trinajstić information content (AvgIpc) is 3.63. The van der Waals surface area contributed by atoms with Gasteiger partial charge in [-0.3, -0.25) is 4.79 Å². The Bertz CT molecular complexity index is 1480. The minimum atomic E-state index is -1.82. The second kappa shape index (κ2) is 13.4. The Kier molecular flexibility index (Phi) is 10.1. The van der Waals surface area contributed by atoms with Gasteiger partial charge >= 0.3 is 6.09 Å². The second-order valence-corrected chi connectivity index (χ2v) is 21.2. The van der Waals surface area contributed by atoms with E-state index in [1.807, 2.05) is 32.9 Å². The van der Waals surface area contributed by atoms with Crippen LogP contribution in [0.2, 0.25) is 18.1 Å². The van der Waals surface area contributed by atoms with Crippen molar-refractivity contribution in [3.8, 4) is 5.75 Å². The number of aryl methyl sites for hydroxylation is 1. The number of allylic oxidation sites excluding steroid dienone is 1. The lowest BCUT2D eigenvalue weighted by Crippen LogP contribution is -2.42. The fraction of sp³-hybridized carbons (Fsp3) is 0.590. The van der Waals surface area contributed by atoms with Gasteiger partial charge in [0.15, 0.2) is 8.32 Å². The Morgan fingerprint density at radius 2 is 1.64 bits per heavy atom. The van der Waals surface area contributed by atoms with Crippen LogP contribution in [-0.2, 0) is 20.5 Å². The van der Waals surface area contributed by atoms with E-state index < -0.39 is 13.9 Å². The molecule has 0 N–H and O–H groups in total. The summed E-state index contributed by atoms with van der Waals surface area (Å²) in [5, 5.41) is 0.161. The zero-order chi connectivity index (χ0) is 34.3. The zero-order valence-corrected chi connectivity index (χ0v) is 31.3. The first kappa shape index (κ1) is 35.2. The maximum Gasteiger partial charge on any atom is 0.410 e. The van der Waals surface area contributed by atoms with Crippen LogP contribution in [0, 0.1) is 25.7 Å². The molecule has 0 spiro atoms. The minimum Gasteiger partial charge on any atom is -0.491 e. The van der Waals surface area contributed by atoms with Crippen LogP contribution >= 0.6 is 0 Å². The molecule has 1 saturated heterocycles. The topological polar surface area (TPSA) is 68.3 Å². The molecule has 3 unspecified atom stereocenters. The van der Waals surface area contributed by atoms with Crippen LogP contribution in [-0.4, -0.2) is 68.1 Å². The molecule has 0 aromatic heterocycles. The number of amides is 2. The fourth-order valence-electron chi connectivity index (χ4n) is 6.55. The molecule has 2 amide bonds. The van der Waals surface area contributed by atoms with Gasteiger partial charge in [-0.2, -0.15) is 0 Å². The number of fused-ring (bicyclic) bond motifs is 1. The Labute approximate surface area is 283 Å². The highest BCUT2D eigenvalue weighted by atomic mass is 28.4. The van der Waals surface area contributed by atoms with Crippen LogP contribution < -0.4 is 4.74 Å². The molecule has 5 rings (SSSR count). The van der Waals surface area contributed by atoms with Gasteiger partial charge in [0, 0.05) is 37.5 Å². The number of benzene rings is 2. The lowest BCUT2D eigenvalue weighted by molar-refractivity contribution is -0.138. The van der Waals surface area contributed by atoms with Crippen molar-refractivity contribution in [1.82, 2.24) is 9.80 Å². The van der Waals surface area contributed by atoms with Crippen molar-refractivity contribution in [1.29, 1.82) is 0 Å². The molecule has 256 valence electrons. The third-order valence-electron chi connectivity index (χ3n) is 10.6. The number of rotatable bonds is 10. The number of carbonyl (C=O) groups excluding carboxylic acids is 2. The summed E-state index contributed by atoms with van der Waals surface area (Å²) < 4.78 is 18.1. The van der Waals surface area contributed by atoms with Gasteiger partial charge < -0.3 is 23.7 Å². The maximum atomic E-state index is 14.8. The molecule has 1 aliphatic heterocycles. The molecule has 2 aliphatic carbocycles. The number of hydrogen-bond donors (Lipinski definition) is 0. The van der Waals surface area contributed by atoms with E-state index in [2.05, 4.69) is 89.0 Å². The normalized spacial score (nSPS) is 21.4. The van der Waals surface area contributed by atoms with Crippen molar-refractivity contribution in [2.45, 2.75) is 110 Å². The van der Waals surface area contributed by atoms with E-state index in [4.69, 9.17) is 13.9 Å². The third-order valence-corrected chi connectivity index (χ3v) is 15.2. The number of ether oxygens (including phenoxy) is 2. The van der Waals surface area contributed by atoms with Crippen molar-refractivity contribution >= 4 is 20.3 Å². The molecule has 3 atom stereocenters. The highest BCUT2D eigenvalue weighted by Crippen LogP contribution is 2.48. The average molecular weight is 661 g/mol. The monoisotopic (exact) mass is 660 g/mol. The van der Waals surface area contributed by atoms with E-state index in [1.165, 1.54) is 16.7 Å². The molecule has 8 heteroatoms. The van der Waals surface area contributed by atoms with Crippen LogP contribution in [0.3, 0.4) is 0 Å². The largest absolute Gasteiger partial charge is 0.491 e. The molecular weight excluding hydrogens is 605 g/mol. The SMILES string of the molecule is Cc1cccc(CN(C(=O)C2C3CN(C(=O)OC(C)(C)C)CC3=CC2c2ccc(OCCO[Si](C)(C)C(C)(C)C)cc2)C2CC2)c1C. The summed E-state index contributed by atoms with van der Waals surface area (Å²) in [6.45, 7) is 23.8. The van der Waals surface area contributed by atoms with Crippen LogP contribution in [0.4, 0.5) is 4.79 Å². The molecule has 2 aromatic carbocycles. The summed E-state index contributed by atoms with van der Waals surface area (Å²) in [5.41, 5.74) is 5.37. The van der Waals surface area contributed by atoms with Crippen LogP contribution in [0.1, 0.15) is 82.6 Å². The highest BCUT2D eigenvalue weighted by molar-refractivity contribution is 6.74. The van der Waals surface area contributed by atoms with Crippen molar-refractivity contribution in [3.63, 3.8) is 0 Å². The molecule has 3 aliphatic rings. The standard InChI is InChI=1S/C39H56N2O5Si/c1-26-12-11-13-29(27(26)2)24-41(31-16-17-31)36(42)35-33(22-30-23-40(25-34(30)35)37(43)46-38(3,4)5)28-14-18-32(19-15-28)44-20-21-45-47(9,10)39(6,7)8/h11-15,18-19,22,31,33-35H,16-17,20-21,23-25H2,1-10H3. The van der Waals surface area contributed by atoms with Gasteiger partial charge in [0.05, 0.1) is 12.5 Å². The highest BCUT2D eigenvalue weighted by Gasteiger charge is 2.50. The van der Waals surface area contributed by atoms with E-state index in [0.717, 1.165) is 29.7 Å². The van der Waals surface area contributed by atoms with Crippen LogP contribution in [0.25, 0.3) is 0 Å². The van der Waals surface area contributed by atoms with E-state index in [9.17, 15) is 9.59 Å². The Balaban J connectivity index is 1.36. The van der Waals surface area contributed by atoms with Crippen molar-refractivity contribution < 1.29 is 23.5 Å². The molecule has 47 heavy (non-hydrogen) atoms. The first-order chi connectivity index (χ1) is 21.9. The number of likely N-dealkylation sites (tertiary alicyclic amines) is 1. The molecule has 0 radical (unpaired) electrons. The summed E-state index contributed by atoms with van der Waals surface area (Å²) in [6.07, 6.45) is 4.01. The Morgan fingerprint density at radius 3 is 2.26 bits per heavy atom. The third kappa shape index (κ3) is 8.14. The zero-order valence-electron chi connectivity index (χ0n) is 30.3. The molecule has 1 heterocycles. The summed E-state index contributed by atoms with van der Waals surface area (Å²) in [4.78, 5) is 31.8. The van der Waals surface area contributed by atoms with Crippen molar-refractivity contribution in [3.05, 3.63) is 76.4 Å². The molecule has 2 aromatic rings. The molecule has 1 saturated carbocycles. The first-order valence-electron chi connectivity index (χ1n) is 17.4. The minimum absolute atomic E-state index is 0.0386. The molecule has 0 bridgehead atoms. The summed E-state index contributed by atoms with van der Waals surface area (Å²) in [7, 11) is -1.82. The van der Waals surface area contributed by atoms with E-state index in [1.54, 1.807) is 4.90 Å². The number of carbonyl (C=O) groups is 2. The predicted molar refractivity (Wildman–Crippen MR) is 190 cm³/mol. The van der Waals surface area contributed by atoms with E-state index >= 15 is 0 Å². The lowest BCUT2D eigenvalue weighted by atomic mass is 9.82. The fourth-order valence-corrected chi connectivity index (χ4v) is 7.57. The van der Waals surface area contributed by atoms with Gasteiger partial charge in [0.1, 0.15) is 18.0 Å². The summed E-state index contributed by atoms with van der Waals surface area (Å²) in [6, 6.07) is 14.9. The maximum absolute atomic E-state index is 14.8. The number of hydrogen-bond acceptors (Lipinski definition) is 5. The lowest BCUT2D eigenvalue weighted by Gasteiger charge is -2.36. The molecule has 2 fully saturated rings. The van der Waals surface area contributed by atoms with Gasteiger partial charge in [-0.25, -0.2) is 4.79 Å². The first-order valence-corrected chi connectivity index (χ1v) is 20.3. The summed E-state index contributed by atoms with van der Waals surface area (Å²) in [5.74, 6) is 0.589. The van der Waals surface area contributed by atoms with Crippen molar-refractivity contribution in [2.75, 3.05) is 26.3 Å². The molecule has 7 nitrogen and oxygen atoms in total.